The van der Waals surface area contributed by atoms with Gasteiger partial charge in [0.05, 0.1) is 0 Å². The summed E-state index contributed by atoms with van der Waals surface area (Å²) in [5, 5.41) is 8.27. The lowest BCUT2D eigenvalue weighted by molar-refractivity contribution is -0.138. The summed E-state index contributed by atoms with van der Waals surface area (Å²) in [7, 11) is -4.64. The molecule has 7 N–H and O–H groups in total. The third kappa shape index (κ3) is 49.4. The van der Waals surface area contributed by atoms with Gasteiger partial charge in [-0.3, -0.25) is 4.79 Å². The SMILES string of the molecule is CSCC[C@H](N)C(=O)O.N=[SH-]=O.O=P(O)(O)O. The lowest BCUT2D eigenvalue weighted by Gasteiger charge is -2.02. The number of thioether (sulfide) groups is 1. The van der Waals surface area contributed by atoms with Gasteiger partial charge in [0.15, 0.2) is 0 Å². The molecular formula is C5H16N2O7PS2-. The van der Waals surface area contributed by atoms with Crippen LogP contribution in [-0.2, 0) is 25.0 Å². The van der Waals surface area contributed by atoms with E-state index in [0.29, 0.717) is 6.42 Å². The van der Waals surface area contributed by atoms with Gasteiger partial charge in [-0.2, -0.15) is 11.8 Å². The van der Waals surface area contributed by atoms with Crippen LogP contribution in [0.25, 0.3) is 0 Å². The van der Waals surface area contributed by atoms with Crippen LogP contribution in [0.2, 0.25) is 0 Å². The molecule has 0 amide bonds. The zero-order valence-electron chi connectivity index (χ0n) is 8.89. The van der Waals surface area contributed by atoms with Crippen LogP contribution in [0.3, 0.4) is 0 Å². The van der Waals surface area contributed by atoms with Gasteiger partial charge in [0.1, 0.15) is 6.04 Å². The molecule has 0 rings (SSSR count). The minimum absolute atomic E-state index is 0.552. The van der Waals surface area contributed by atoms with E-state index < -0.39 is 31.3 Å². The molecule has 0 aromatic rings. The normalized spacial score (nSPS) is 11.4. The van der Waals surface area contributed by atoms with E-state index in [1.54, 1.807) is 11.8 Å². The summed E-state index contributed by atoms with van der Waals surface area (Å²) < 4.78 is 23.1. The van der Waals surface area contributed by atoms with Crippen molar-refractivity contribution in [3.63, 3.8) is 0 Å². The molecule has 0 radical (unpaired) electrons. The molecule has 9 nitrogen and oxygen atoms in total. The summed E-state index contributed by atoms with van der Waals surface area (Å²) >= 11 is 1.02. The molecule has 0 saturated heterocycles. The van der Waals surface area contributed by atoms with E-state index in [2.05, 4.69) is 0 Å². The van der Waals surface area contributed by atoms with Gasteiger partial charge in [0.2, 0.25) is 0 Å². The molecule has 0 saturated carbocycles. The lowest BCUT2D eigenvalue weighted by atomic mass is 10.2. The number of phosphoric acid groups is 1. The number of carboxylic acids is 1. The van der Waals surface area contributed by atoms with E-state index in [0.717, 1.165) is 5.75 Å². The van der Waals surface area contributed by atoms with Gasteiger partial charge in [-0.25, -0.2) is 16.0 Å². The molecule has 17 heavy (non-hydrogen) atoms. The average Bonchev–Trinajstić information content (AvgIpc) is 2.12. The van der Waals surface area contributed by atoms with Crippen molar-refractivity contribution in [1.29, 1.82) is 4.78 Å². The predicted octanol–water partition coefficient (Wildman–Crippen LogP) is -0.868. The molecule has 0 spiro atoms. The highest BCUT2D eigenvalue weighted by Crippen LogP contribution is 2.25. The second-order valence-electron chi connectivity index (χ2n) is 2.33. The summed E-state index contributed by atoms with van der Waals surface area (Å²) in [5.41, 5.74) is 5.19. The van der Waals surface area contributed by atoms with Gasteiger partial charge in [0.25, 0.3) is 0 Å². The first-order chi connectivity index (χ1) is 7.59. The molecule has 0 aliphatic carbocycles. The monoisotopic (exact) mass is 311 g/mol. The maximum Gasteiger partial charge on any atom is 0.466 e. The quantitative estimate of drug-likeness (QED) is 0.218. The first-order valence-corrected chi connectivity index (χ1v) is 7.62. The lowest BCUT2D eigenvalue weighted by Crippen LogP contribution is -2.30. The first kappa shape index (κ1) is 22.1. The Morgan fingerprint density at radius 2 is 1.82 bits per heavy atom. The van der Waals surface area contributed by atoms with Crippen LogP contribution in [0.5, 0.6) is 0 Å². The van der Waals surface area contributed by atoms with Gasteiger partial charge in [-0.15, -0.1) is 0 Å². The number of nitrogens with one attached hydrogen (secondary N) is 1. The third-order valence-electron chi connectivity index (χ3n) is 0.950. The molecule has 0 aliphatic heterocycles. The Morgan fingerprint density at radius 1 is 1.53 bits per heavy atom. The van der Waals surface area contributed by atoms with Crippen molar-refractivity contribution in [3.8, 4) is 0 Å². The third-order valence-corrected chi connectivity index (χ3v) is 1.59. The Labute approximate surface area is 106 Å². The molecule has 0 fully saturated rings. The Balaban J connectivity index is -0.000000207. The minimum atomic E-state index is -4.64. The highest BCUT2D eigenvalue weighted by Gasteiger charge is 2.08. The van der Waals surface area contributed by atoms with E-state index in [1.807, 2.05) is 6.26 Å². The van der Waals surface area contributed by atoms with Crippen LogP contribution in [0.4, 0.5) is 0 Å². The Morgan fingerprint density at radius 3 is 2.00 bits per heavy atom. The smallest absolute Gasteiger partial charge is 0.466 e. The Kier molecular flexibility index (Phi) is 18.0. The molecule has 1 atom stereocenters. The molecule has 12 heteroatoms. The van der Waals surface area contributed by atoms with Crippen LogP contribution in [-0.4, -0.2) is 43.8 Å². The topological polar surface area (TPSA) is 182 Å². The largest absolute Gasteiger partial charge is 0.480 e. The van der Waals surface area contributed by atoms with Crippen LogP contribution < -0.4 is 5.73 Å². The molecular weight excluding hydrogens is 295 g/mol. The summed E-state index contributed by atoms with van der Waals surface area (Å²) in [5.74, 6) is -0.1000. The Hall–Kier alpha value is -0.160. The fraction of sp³-hybridized carbons (Fsp3) is 0.800. The van der Waals surface area contributed by atoms with Crippen molar-refractivity contribution in [3.05, 3.63) is 0 Å². The van der Waals surface area contributed by atoms with Gasteiger partial charge < -0.3 is 34.5 Å². The van der Waals surface area contributed by atoms with Crippen LogP contribution >= 0.6 is 19.6 Å². The summed E-state index contributed by atoms with van der Waals surface area (Å²) in [6.45, 7) is 0. The number of hydrogen-bond donors (Lipinski definition) is 6. The standard InChI is InChI=1S/C5H11NO2S.H2NOS.H3O4P/c1-9-3-2-4(6)5(7)8;1-3-2;1-5(2,3)4/h4H,2-3,6H2,1H3,(H,7,8);1,3H;(H3,1,2,3,4)/q;-1;/t4-;;/m0../s1. The van der Waals surface area contributed by atoms with Crippen molar-refractivity contribution in [1.82, 2.24) is 0 Å². The molecule has 0 aromatic heterocycles. The molecule has 106 valence electrons. The fourth-order valence-electron chi connectivity index (χ4n) is 0.368. The van der Waals surface area contributed by atoms with E-state index in [-0.39, 0.29) is 0 Å². The zero-order valence-corrected chi connectivity index (χ0v) is 11.5. The summed E-state index contributed by atoms with van der Waals surface area (Å²) in [6.07, 6.45) is 2.48. The Bertz CT molecular complexity index is 269. The highest BCUT2D eigenvalue weighted by atomic mass is 32.2. The van der Waals surface area contributed by atoms with Crippen molar-refractivity contribution >= 4 is 37.0 Å². The first-order valence-electron chi connectivity index (χ1n) is 3.84. The number of thiol groups is 1. The second kappa shape index (κ2) is 13.9. The number of carbonyl (C=O) groups is 1. The number of rotatable bonds is 4. The van der Waals surface area contributed by atoms with Crippen LogP contribution in [0.1, 0.15) is 6.42 Å². The molecule has 0 heterocycles. The molecule has 0 aromatic carbocycles. The van der Waals surface area contributed by atoms with Gasteiger partial charge in [-0.1, -0.05) is 0 Å². The van der Waals surface area contributed by atoms with E-state index in [9.17, 15) is 4.79 Å². The number of hydrogen-bond acceptors (Lipinski definition) is 7. The molecule has 0 aliphatic rings. The number of nitrogens with two attached hydrogens (primary N) is 1. The minimum Gasteiger partial charge on any atom is -0.480 e. The molecule has 0 unspecified atom stereocenters. The van der Waals surface area contributed by atoms with E-state index in [4.69, 9.17) is 39.1 Å². The average molecular weight is 311 g/mol. The summed E-state index contributed by atoms with van der Waals surface area (Å²) in [6, 6.07) is -0.683. The van der Waals surface area contributed by atoms with Crippen molar-refractivity contribution in [2.45, 2.75) is 12.5 Å². The maximum absolute atomic E-state index is 10.1. The van der Waals surface area contributed by atoms with Crippen molar-refractivity contribution in [2.24, 2.45) is 5.73 Å². The second-order valence-corrected chi connectivity index (χ2v) is 4.53. The van der Waals surface area contributed by atoms with Crippen LogP contribution in [0.15, 0.2) is 0 Å². The van der Waals surface area contributed by atoms with Crippen molar-refractivity contribution < 1.29 is 33.4 Å². The highest BCUT2D eigenvalue weighted by molar-refractivity contribution is 7.98. The fourth-order valence-corrected chi connectivity index (χ4v) is 0.858. The van der Waals surface area contributed by atoms with E-state index in [1.165, 1.54) is 0 Å². The number of carboxylic acid groups (broad SMARTS) is 1. The van der Waals surface area contributed by atoms with Gasteiger partial charge in [0, 0.05) is 0 Å². The van der Waals surface area contributed by atoms with E-state index >= 15 is 0 Å². The van der Waals surface area contributed by atoms with Crippen LogP contribution in [0, 0.1) is 4.78 Å². The molecule has 0 bridgehead atoms. The maximum atomic E-state index is 10.1. The van der Waals surface area contributed by atoms with Crippen molar-refractivity contribution in [2.75, 3.05) is 12.0 Å². The van der Waals surface area contributed by atoms with Gasteiger partial charge in [-0.05, 0) is 18.4 Å². The van der Waals surface area contributed by atoms with Gasteiger partial charge >= 0.3 is 13.8 Å². The predicted molar refractivity (Wildman–Crippen MR) is 65.0 cm³/mol. The summed E-state index contributed by atoms with van der Waals surface area (Å²) in [4.78, 5) is 31.6. The zero-order chi connectivity index (χ0) is 14.5. The number of aliphatic carboxylic acids is 1.